The van der Waals surface area contributed by atoms with Crippen LogP contribution in [0.25, 0.3) is 0 Å². The van der Waals surface area contributed by atoms with E-state index in [4.69, 9.17) is 11.6 Å². The summed E-state index contributed by atoms with van der Waals surface area (Å²) in [7, 11) is 0. The van der Waals surface area contributed by atoms with Crippen LogP contribution in [0.15, 0.2) is 54.9 Å². The summed E-state index contributed by atoms with van der Waals surface area (Å²) < 4.78 is 13.6. The molecule has 26 heavy (non-hydrogen) atoms. The monoisotopic (exact) mass is 370 g/mol. The third-order valence-corrected chi connectivity index (χ3v) is 3.99. The number of halogens is 2. The van der Waals surface area contributed by atoms with Gasteiger partial charge >= 0.3 is 0 Å². The van der Waals surface area contributed by atoms with Crippen LogP contribution in [-0.2, 0) is 6.54 Å². The van der Waals surface area contributed by atoms with Crippen LogP contribution in [-0.4, -0.2) is 15.9 Å². The van der Waals surface area contributed by atoms with Crippen molar-refractivity contribution in [2.24, 2.45) is 0 Å². The van der Waals surface area contributed by atoms with Crippen LogP contribution in [0.2, 0.25) is 5.02 Å². The van der Waals surface area contributed by atoms with E-state index in [0.29, 0.717) is 22.1 Å². The van der Waals surface area contributed by atoms with Gasteiger partial charge in [-0.1, -0.05) is 35.9 Å². The normalized spacial score (nSPS) is 10.4. The zero-order valence-electron chi connectivity index (χ0n) is 14.0. The Kier molecular flexibility index (Phi) is 5.43. The maximum atomic E-state index is 13.6. The highest BCUT2D eigenvalue weighted by molar-refractivity contribution is 6.31. The van der Waals surface area contributed by atoms with Crippen molar-refractivity contribution in [3.63, 3.8) is 0 Å². The number of carbonyl (C=O) groups excluding carboxylic acids is 1. The van der Waals surface area contributed by atoms with E-state index in [2.05, 4.69) is 20.6 Å². The van der Waals surface area contributed by atoms with Gasteiger partial charge in [-0.05, 0) is 30.7 Å². The van der Waals surface area contributed by atoms with Gasteiger partial charge in [0.05, 0.1) is 12.4 Å². The molecule has 2 aromatic carbocycles. The molecule has 0 aliphatic carbocycles. The van der Waals surface area contributed by atoms with Gasteiger partial charge in [-0.2, -0.15) is 0 Å². The first kappa shape index (κ1) is 17.8. The lowest BCUT2D eigenvalue weighted by Gasteiger charge is -2.09. The molecule has 0 fully saturated rings. The Morgan fingerprint density at radius 2 is 1.96 bits per heavy atom. The highest BCUT2D eigenvalue weighted by atomic mass is 35.5. The molecule has 0 saturated carbocycles. The number of aromatic nitrogens is 2. The Hall–Kier alpha value is -2.99. The molecule has 0 saturated heterocycles. The summed E-state index contributed by atoms with van der Waals surface area (Å²) in [6.45, 7) is 2.14. The van der Waals surface area contributed by atoms with Crippen molar-refractivity contribution in [2.75, 3.05) is 10.6 Å². The summed E-state index contributed by atoms with van der Waals surface area (Å²) in [5.41, 5.74) is 2.19. The molecule has 0 spiro atoms. The first-order chi connectivity index (χ1) is 12.5. The van der Waals surface area contributed by atoms with Gasteiger partial charge in [0.15, 0.2) is 0 Å². The molecule has 0 radical (unpaired) electrons. The predicted molar refractivity (Wildman–Crippen MR) is 99.9 cm³/mol. The van der Waals surface area contributed by atoms with Crippen LogP contribution in [0.4, 0.5) is 15.9 Å². The summed E-state index contributed by atoms with van der Waals surface area (Å²) in [5, 5.41) is 6.26. The average molecular weight is 371 g/mol. The molecule has 3 rings (SSSR count). The van der Waals surface area contributed by atoms with Gasteiger partial charge < -0.3 is 10.6 Å². The summed E-state index contributed by atoms with van der Waals surface area (Å²) >= 11 is 5.95. The number of nitrogens with zero attached hydrogens (tertiary/aromatic N) is 2. The maximum Gasteiger partial charge on any atom is 0.275 e. The summed E-state index contributed by atoms with van der Waals surface area (Å²) in [6.07, 6.45) is 2.79. The van der Waals surface area contributed by atoms with Gasteiger partial charge in [0.25, 0.3) is 5.91 Å². The summed E-state index contributed by atoms with van der Waals surface area (Å²) in [6, 6.07) is 11.7. The van der Waals surface area contributed by atoms with Crippen molar-refractivity contribution in [1.82, 2.24) is 9.97 Å². The number of nitrogens with one attached hydrogen (secondary N) is 2. The van der Waals surface area contributed by atoms with Crippen LogP contribution >= 0.6 is 11.6 Å². The largest absolute Gasteiger partial charge is 0.365 e. The number of amides is 1. The second kappa shape index (κ2) is 7.93. The number of carbonyl (C=O) groups is 1. The molecule has 0 bridgehead atoms. The third-order valence-electron chi connectivity index (χ3n) is 3.75. The molecule has 0 unspecified atom stereocenters. The number of benzene rings is 2. The smallest absolute Gasteiger partial charge is 0.275 e. The number of hydrogen-bond acceptors (Lipinski definition) is 4. The second-order valence-electron chi connectivity index (χ2n) is 5.65. The van der Waals surface area contributed by atoms with Crippen LogP contribution < -0.4 is 10.6 Å². The quantitative estimate of drug-likeness (QED) is 0.696. The number of anilines is 2. The van der Waals surface area contributed by atoms with Gasteiger partial charge in [0.1, 0.15) is 17.3 Å². The molecule has 1 aromatic heterocycles. The fraction of sp³-hybridized carbons (Fsp3) is 0.105. The Labute approximate surface area is 155 Å². The van der Waals surface area contributed by atoms with E-state index in [0.717, 1.165) is 5.56 Å². The molecule has 1 amide bonds. The van der Waals surface area contributed by atoms with E-state index < -0.39 is 0 Å². The standard InChI is InChI=1S/C19H16ClFN4O/c1-12-6-7-14(20)8-16(12)25-19(26)17-10-24-18(11-22-17)23-9-13-4-2-3-5-15(13)21/h2-8,10-11H,9H2,1H3,(H,23,24)(H,25,26). The lowest BCUT2D eigenvalue weighted by atomic mass is 10.2. The van der Waals surface area contributed by atoms with Gasteiger partial charge in [-0.25, -0.2) is 14.4 Å². The van der Waals surface area contributed by atoms with E-state index in [-0.39, 0.29) is 24.0 Å². The zero-order valence-corrected chi connectivity index (χ0v) is 14.7. The Balaban J connectivity index is 1.64. The van der Waals surface area contributed by atoms with Crippen molar-refractivity contribution in [1.29, 1.82) is 0 Å². The van der Waals surface area contributed by atoms with E-state index in [1.165, 1.54) is 18.5 Å². The zero-order chi connectivity index (χ0) is 18.5. The maximum absolute atomic E-state index is 13.6. The molecule has 2 N–H and O–H groups in total. The average Bonchev–Trinajstić information content (AvgIpc) is 2.64. The van der Waals surface area contributed by atoms with E-state index in [9.17, 15) is 9.18 Å². The molecule has 1 heterocycles. The third kappa shape index (κ3) is 4.34. The topological polar surface area (TPSA) is 66.9 Å². The molecule has 7 heteroatoms. The van der Waals surface area contributed by atoms with E-state index in [1.54, 1.807) is 30.3 Å². The molecule has 0 aliphatic rings. The molecule has 0 aliphatic heterocycles. The van der Waals surface area contributed by atoms with E-state index >= 15 is 0 Å². The van der Waals surface area contributed by atoms with Crippen LogP contribution in [0.5, 0.6) is 0 Å². The number of hydrogen-bond donors (Lipinski definition) is 2. The summed E-state index contributed by atoms with van der Waals surface area (Å²) in [4.78, 5) is 20.5. The van der Waals surface area contributed by atoms with Gasteiger partial charge in [0.2, 0.25) is 0 Å². The van der Waals surface area contributed by atoms with Crippen LogP contribution in [0.3, 0.4) is 0 Å². The van der Waals surface area contributed by atoms with Crippen molar-refractivity contribution in [2.45, 2.75) is 13.5 Å². The fourth-order valence-corrected chi connectivity index (χ4v) is 2.45. The van der Waals surface area contributed by atoms with Crippen molar-refractivity contribution >= 4 is 29.0 Å². The minimum absolute atomic E-state index is 0.167. The lowest BCUT2D eigenvalue weighted by molar-refractivity contribution is 0.102. The van der Waals surface area contributed by atoms with Crippen molar-refractivity contribution in [3.8, 4) is 0 Å². The lowest BCUT2D eigenvalue weighted by Crippen LogP contribution is -2.15. The Bertz CT molecular complexity index is 931. The molecular formula is C19H16ClFN4O. The van der Waals surface area contributed by atoms with Crippen LogP contribution in [0, 0.1) is 12.7 Å². The molecule has 132 valence electrons. The molecule has 0 atom stereocenters. The predicted octanol–water partition coefficient (Wildman–Crippen LogP) is 4.44. The van der Waals surface area contributed by atoms with Gasteiger partial charge in [-0.15, -0.1) is 0 Å². The van der Waals surface area contributed by atoms with Crippen molar-refractivity contribution < 1.29 is 9.18 Å². The second-order valence-corrected chi connectivity index (χ2v) is 6.08. The summed E-state index contributed by atoms with van der Waals surface area (Å²) in [5.74, 6) is -0.229. The number of aryl methyl sites for hydroxylation is 1. The van der Waals surface area contributed by atoms with Crippen molar-refractivity contribution in [3.05, 3.63) is 82.5 Å². The number of rotatable bonds is 5. The highest BCUT2D eigenvalue weighted by Gasteiger charge is 2.10. The Morgan fingerprint density at radius 3 is 2.69 bits per heavy atom. The fourth-order valence-electron chi connectivity index (χ4n) is 2.28. The molecular weight excluding hydrogens is 355 g/mol. The SMILES string of the molecule is Cc1ccc(Cl)cc1NC(=O)c1cnc(NCc2ccccc2F)cn1. The van der Waals surface area contributed by atoms with E-state index in [1.807, 2.05) is 13.0 Å². The minimum Gasteiger partial charge on any atom is -0.365 e. The highest BCUT2D eigenvalue weighted by Crippen LogP contribution is 2.20. The van der Waals surface area contributed by atoms with Crippen LogP contribution in [0.1, 0.15) is 21.6 Å². The molecule has 5 nitrogen and oxygen atoms in total. The first-order valence-electron chi connectivity index (χ1n) is 7.90. The van der Waals surface area contributed by atoms with Gasteiger partial charge in [-0.3, -0.25) is 4.79 Å². The van der Waals surface area contributed by atoms with Gasteiger partial charge in [0, 0.05) is 22.8 Å². The Morgan fingerprint density at radius 1 is 1.15 bits per heavy atom. The molecule has 3 aromatic rings. The minimum atomic E-state index is -0.386. The first-order valence-corrected chi connectivity index (χ1v) is 8.27.